The van der Waals surface area contributed by atoms with Gasteiger partial charge in [0.25, 0.3) is 5.56 Å². The molecular formula is C27H21BrCl2N2O3S. The molecule has 3 aromatic carbocycles. The largest absolute Gasteiger partial charge is 0.490 e. The summed E-state index contributed by atoms with van der Waals surface area (Å²) in [6.07, 6.45) is 1.85. The van der Waals surface area contributed by atoms with Crippen molar-refractivity contribution < 1.29 is 9.47 Å². The van der Waals surface area contributed by atoms with Gasteiger partial charge in [-0.25, -0.2) is 9.38 Å². The molecule has 2 heterocycles. The number of aromatic nitrogens is 2. The highest BCUT2D eigenvalue weighted by Crippen LogP contribution is 2.38. The van der Waals surface area contributed by atoms with E-state index in [0.29, 0.717) is 42.1 Å². The van der Waals surface area contributed by atoms with Crippen LogP contribution in [0.4, 0.5) is 0 Å². The van der Waals surface area contributed by atoms with Gasteiger partial charge in [0, 0.05) is 15.6 Å². The average Bonchev–Trinajstić information content (AvgIpc) is 3.30. The van der Waals surface area contributed by atoms with Gasteiger partial charge in [-0.1, -0.05) is 40.6 Å². The maximum Gasteiger partial charge on any atom is 0.274 e. The van der Waals surface area contributed by atoms with Crippen LogP contribution in [0, 0.1) is 13.8 Å². The number of fused-ring (bicyclic) bond motifs is 3. The van der Waals surface area contributed by atoms with E-state index in [9.17, 15) is 4.79 Å². The van der Waals surface area contributed by atoms with Gasteiger partial charge in [0.1, 0.15) is 6.61 Å². The first-order chi connectivity index (χ1) is 17.2. The summed E-state index contributed by atoms with van der Waals surface area (Å²) >= 11 is 17.3. The van der Waals surface area contributed by atoms with E-state index >= 15 is 0 Å². The van der Waals surface area contributed by atoms with E-state index < -0.39 is 0 Å². The minimum Gasteiger partial charge on any atom is -0.490 e. The van der Waals surface area contributed by atoms with E-state index in [-0.39, 0.29) is 12.2 Å². The lowest BCUT2D eigenvalue weighted by molar-refractivity contribution is 0.267. The molecule has 0 saturated carbocycles. The highest BCUT2D eigenvalue weighted by molar-refractivity contribution is 9.10. The van der Waals surface area contributed by atoms with Crippen molar-refractivity contribution in [1.29, 1.82) is 0 Å². The molecule has 9 heteroatoms. The molecule has 0 aliphatic carbocycles. The predicted octanol–water partition coefficient (Wildman–Crippen LogP) is 7.12. The van der Waals surface area contributed by atoms with Crippen LogP contribution in [0.25, 0.3) is 22.1 Å². The minimum absolute atomic E-state index is 0.0902. The molecule has 5 aromatic rings. The summed E-state index contributed by atoms with van der Waals surface area (Å²) in [6, 6.07) is 13.1. The maximum absolute atomic E-state index is 13.3. The first-order valence-corrected chi connectivity index (χ1v) is 13.6. The number of hydrogen-bond acceptors (Lipinski definition) is 5. The van der Waals surface area contributed by atoms with Crippen molar-refractivity contribution in [1.82, 2.24) is 9.38 Å². The molecule has 184 valence electrons. The fourth-order valence-corrected chi connectivity index (χ4v) is 5.96. The van der Waals surface area contributed by atoms with Crippen LogP contribution < -0.4 is 19.6 Å². The fourth-order valence-electron chi connectivity index (χ4n) is 3.93. The number of rotatable bonds is 6. The smallest absolute Gasteiger partial charge is 0.274 e. The summed E-state index contributed by atoms with van der Waals surface area (Å²) in [5, 5.41) is 1.10. The number of thiazole rings is 1. The number of hydrogen-bond donors (Lipinski definition) is 0. The Hall–Kier alpha value is -2.58. The summed E-state index contributed by atoms with van der Waals surface area (Å²) < 4.78 is 14.9. The van der Waals surface area contributed by atoms with Crippen LogP contribution in [-0.2, 0) is 6.61 Å². The molecule has 0 atom stereocenters. The molecule has 36 heavy (non-hydrogen) atoms. The highest BCUT2D eigenvalue weighted by Gasteiger charge is 2.15. The second-order valence-electron chi connectivity index (χ2n) is 8.36. The third-order valence-electron chi connectivity index (χ3n) is 5.87. The van der Waals surface area contributed by atoms with Crippen molar-refractivity contribution in [3.63, 3.8) is 0 Å². The van der Waals surface area contributed by atoms with E-state index in [1.165, 1.54) is 11.3 Å². The Bertz CT molecular complexity index is 1750. The summed E-state index contributed by atoms with van der Waals surface area (Å²) in [5.74, 6) is 1.12. The number of halogens is 3. The maximum atomic E-state index is 13.3. The van der Waals surface area contributed by atoms with Gasteiger partial charge < -0.3 is 9.47 Å². The van der Waals surface area contributed by atoms with Crippen molar-refractivity contribution >= 4 is 72.5 Å². The number of aryl methyl sites for hydroxylation is 2. The number of imidazole rings is 1. The lowest BCUT2D eigenvalue weighted by Crippen LogP contribution is -2.22. The molecule has 0 aliphatic rings. The standard InChI is InChI=1S/C27H21BrCl2N2O3S/c1-4-34-23-10-16(9-19(28)25(23)35-13-17-5-6-18(29)12-20(17)30)11-24-26(33)32-22-8-15(3)14(2)7-21(22)31-27(32)36-24/h5-12H,4,13H2,1-3H3/b24-11-. The minimum atomic E-state index is -0.0902. The van der Waals surface area contributed by atoms with Gasteiger partial charge in [0.15, 0.2) is 16.5 Å². The van der Waals surface area contributed by atoms with Crippen LogP contribution in [0.3, 0.4) is 0 Å². The zero-order chi connectivity index (χ0) is 25.6. The molecular weight excluding hydrogens is 583 g/mol. The molecule has 0 radical (unpaired) electrons. The number of ether oxygens (including phenoxy) is 2. The van der Waals surface area contributed by atoms with E-state index in [0.717, 1.165) is 33.3 Å². The molecule has 0 N–H and O–H groups in total. The summed E-state index contributed by atoms with van der Waals surface area (Å²) in [7, 11) is 0. The highest BCUT2D eigenvalue weighted by atomic mass is 79.9. The van der Waals surface area contributed by atoms with Gasteiger partial charge in [0.2, 0.25) is 0 Å². The number of benzene rings is 3. The normalized spacial score (nSPS) is 12.1. The molecule has 0 saturated heterocycles. The summed E-state index contributed by atoms with van der Waals surface area (Å²) in [5.41, 5.74) is 5.46. The fraction of sp³-hybridized carbons (Fsp3) is 0.185. The van der Waals surface area contributed by atoms with Crippen LogP contribution in [0.2, 0.25) is 10.0 Å². The first-order valence-electron chi connectivity index (χ1n) is 11.2. The van der Waals surface area contributed by atoms with Crippen molar-refractivity contribution in [2.24, 2.45) is 0 Å². The first kappa shape index (κ1) is 25.1. The van der Waals surface area contributed by atoms with Gasteiger partial charge in [-0.2, -0.15) is 0 Å². The van der Waals surface area contributed by atoms with Crippen LogP contribution in [0.5, 0.6) is 11.5 Å². The number of nitrogens with zero attached hydrogens (tertiary/aromatic N) is 2. The van der Waals surface area contributed by atoms with E-state index in [2.05, 4.69) is 20.9 Å². The van der Waals surface area contributed by atoms with Crippen LogP contribution in [0.1, 0.15) is 29.2 Å². The second-order valence-corrected chi connectivity index (χ2v) is 11.1. The van der Waals surface area contributed by atoms with Gasteiger partial charge in [0.05, 0.1) is 26.6 Å². The third-order valence-corrected chi connectivity index (χ3v) is 8.02. The van der Waals surface area contributed by atoms with Crippen molar-refractivity contribution in [3.8, 4) is 11.5 Å². The van der Waals surface area contributed by atoms with Crippen molar-refractivity contribution in [2.75, 3.05) is 6.61 Å². The van der Waals surface area contributed by atoms with Crippen molar-refractivity contribution in [3.05, 3.63) is 94.1 Å². The Kier molecular flexibility index (Phi) is 7.01. The van der Waals surface area contributed by atoms with Gasteiger partial charge in [-0.05, 0) is 95.9 Å². The monoisotopic (exact) mass is 602 g/mol. The zero-order valence-electron chi connectivity index (χ0n) is 19.7. The molecule has 0 unspecified atom stereocenters. The van der Waals surface area contributed by atoms with Gasteiger partial charge in [-0.3, -0.25) is 4.79 Å². The lowest BCUT2D eigenvalue weighted by atomic mass is 10.1. The van der Waals surface area contributed by atoms with Gasteiger partial charge >= 0.3 is 0 Å². The average molecular weight is 604 g/mol. The Labute approximate surface area is 230 Å². The zero-order valence-corrected chi connectivity index (χ0v) is 23.6. The Morgan fingerprint density at radius 2 is 1.86 bits per heavy atom. The van der Waals surface area contributed by atoms with Crippen LogP contribution in [0.15, 0.2) is 51.7 Å². The molecule has 5 rings (SSSR count). The Morgan fingerprint density at radius 1 is 1.08 bits per heavy atom. The molecule has 0 aliphatic heterocycles. The Balaban J connectivity index is 1.53. The topological polar surface area (TPSA) is 52.8 Å². The molecule has 0 bridgehead atoms. The molecule has 5 nitrogen and oxygen atoms in total. The molecule has 2 aromatic heterocycles. The van der Waals surface area contributed by atoms with Crippen molar-refractivity contribution in [2.45, 2.75) is 27.4 Å². The second kappa shape index (κ2) is 10.1. The molecule has 0 fully saturated rings. The quantitative estimate of drug-likeness (QED) is 0.207. The molecule has 0 amide bonds. The van der Waals surface area contributed by atoms with E-state index in [4.69, 9.17) is 32.7 Å². The van der Waals surface area contributed by atoms with E-state index in [1.54, 1.807) is 16.5 Å². The van der Waals surface area contributed by atoms with Crippen LogP contribution in [-0.4, -0.2) is 16.0 Å². The predicted molar refractivity (Wildman–Crippen MR) is 151 cm³/mol. The van der Waals surface area contributed by atoms with Gasteiger partial charge in [-0.15, -0.1) is 0 Å². The van der Waals surface area contributed by atoms with Crippen LogP contribution >= 0.6 is 50.5 Å². The third kappa shape index (κ3) is 4.73. The SMILES string of the molecule is CCOc1cc(/C=c2\sc3nc4cc(C)c(C)cc4n3c2=O)cc(Br)c1OCc1ccc(Cl)cc1Cl. The lowest BCUT2D eigenvalue weighted by Gasteiger charge is -2.15. The van der Waals surface area contributed by atoms with E-state index in [1.807, 2.05) is 57.2 Å². The summed E-state index contributed by atoms with van der Waals surface area (Å²) in [6.45, 7) is 6.69. The molecule has 0 spiro atoms. The summed E-state index contributed by atoms with van der Waals surface area (Å²) in [4.78, 5) is 18.6. The Morgan fingerprint density at radius 3 is 2.61 bits per heavy atom.